The zero-order valence-corrected chi connectivity index (χ0v) is 17.3. The molecule has 0 aliphatic carbocycles. The van der Waals surface area contributed by atoms with Crippen molar-refractivity contribution >= 4 is 11.2 Å². The monoisotopic (exact) mass is 424 g/mol. The van der Waals surface area contributed by atoms with E-state index in [0.717, 1.165) is 22.5 Å². The maximum Gasteiger partial charge on any atom is 0.156 e. The van der Waals surface area contributed by atoms with Crippen LogP contribution in [-0.2, 0) is 13.5 Å². The normalized spacial score (nSPS) is 14.9. The molecule has 1 N–H and O–H groups in total. The second-order valence-corrected chi connectivity index (χ2v) is 7.94. The number of aryl methyl sites for hydroxylation is 1. The Kier molecular flexibility index (Phi) is 3.80. The van der Waals surface area contributed by atoms with Gasteiger partial charge in [-0.2, -0.15) is 15.5 Å². The van der Waals surface area contributed by atoms with E-state index in [0.29, 0.717) is 40.2 Å². The standard InChI is InChI=1S/C23H17FN8/c1-12-15-7-13(24)3-4-19(15)32-14(5-6-28-32)8-17-21(20(9-25)31(2)30-17)18-11-27-23-22(29-18)16(12)10-26-23/h3-7,10-12H,8H2,1-2H3,(H,26,27)/t12-/m1/s1. The lowest BCUT2D eigenvalue weighted by molar-refractivity contribution is 0.622. The highest BCUT2D eigenvalue weighted by atomic mass is 19.1. The van der Waals surface area contributed by atoms with Crippen LogP contribution >= 0.6 is 0 Å². The average molecular weight is 424 g/mol. The van der Waals surface area contributed by atoms with Crippen LogP contribution in [0.5, 0.6) is 0 Å². The molecule has 0 amide bonds. The molecule has 1 aromatic carbocycles. The van der Waals surface area contributed by atoms with Gasteiger partial charge in [0.15, 0.2) is 5.65 Å². The van der Waals surface area contributed by atoms with Crippen LogP contribution in [0.2, 0.25) is 0 Å². The lowest BCUT2D eigenvalue weighted by atomic mass is 9.92. The van der Waals surface area contributed by atoms with E-state index >= 15 is 0 Å². The molecule has 32 heavy (non-hydrogen) atoms. The zero-order valence-electron chi connectivity index (χ0n) is 17.3. The Bertz CT molecular complexity index is 1560. The molecular weight excluding hydrogens is 407 g/mol. The van der Waals surface area contributed by atoms with Crippen LogP contribution in [-0.4, -0.2) is 34.5 Å². The van der Waals surface area contributed by atoms with Crippen LogP contribution in [0, 0.1) is 17.1 Å². The van der Waals surface area contributed by atoms with Gasteiger partial charge >= 0.3 is 0 Å². The van der Waals surface area contributed by atoms with Crippen molar-refractivity contribution in [1.82, 2.24) is 34.5 Å². The first kappa shape index (κ1) is 18.4. The Hall–Kier alpha value is -4.32. The summed E-state index contributed by atoms with van der Waals surface area (Å²) in [5.74, 6) is -0.493. The van der Waals surface area contributed by atoms with E-state index in [1.54, 1.807) is 36.3 Å². The molecule has 0 fully saturated rings. The summed E-state index contributed by atoms with van der Waals surface area (Å²) in [5, 5.41) is 19.0. The minimum absolute atomic E-state index is 0.181. The van der Waals surface area contributed by atoms with Crippen LogP contribution in [0.15, 0.2) is 42.9 Å². The minimum Gasteiger partial charge on any atom is -0.344 e. The molecule has 0 saturated carbocycles. The molecule has 1 atom stereocenters. The summed E-state index contributed by atoms with van der Waals surface area (Å²) < 4.78 is 17.7. The van der Waals surface area contributed by atoms with Gasteiger partial charge in [-0.3, -0.25) is 4.68 Å². The molecule has 5 heterocycles. The molecule has 0 saturated heterocycles. The zero-order chi connectivity index (χ0) is 22.0. The van der Waals surface area contributed by atoms with E-state index in [1.165, 1.54) is 6.07 Å². The predicted octanol–water partition coefficient (Wildman–Crippen LogP) is 3.61. The van der Waals surface area contributed by atoms with Crippen LogP contribution in [0.4, 0.5) is 4.39 Å². The summed E-state index contributed by atoms with van der Waals surface area (Å²) in [4.78, 5) is 12.6. The lowest BCUT2D eigenvalue weighted by Crippen LogP contribution is -2.10. The van der Waals surface area contributed by atoms with Crippen LogP contribution in [0.1, 0.15) is 41.1 Å². The van der Waals surface area contributed by atoms with Crippen molar-refractivity contribution < 1.29 is 4.39 Å². The highest BCUT2D eigenvalue weighted by molar-refractivity contribution is 5.81. The van der Waals surface area contributed by atoms with E-state index in [4.69, 9.17) is 4.98 Å². The smallest absolute Gasteiger partial charge is 0.156 e. The van der Waals surface area contributed by atoms with Crippen LogP contribution in [0.25, 0.3) is 28.1 Å². The van der Waals surface area contributed by atoms with Gasteiger partial charge in [0, 0.05) is 37.3 Å². The second-order valence-electron chi connectivity index (χ2n) is 7.94. The fourth-order valence-electron chi connectivity index (χ4n) is 4.55. The third-order valence-corrected chi connectivity index (χ3v) is 6.11. The number of H-pyrrole nitrogens is 1. The Morgan fingerprint density at radius 1 is 1.25 bits per heavy atom. The number of aromatic amines is 1. The summed E-state index contributed by atoms with van der Waals surface area (Å²) >= 11 is 0. The van der Waals surface area contributed by atoms with Crippen molar-refractivity contribution in [3.8, 4) is 23.0 Å². The molecule has 4 aromatic heterocycles. The number of nitriles is 1. The van der Waals surface area contributed by atoms with Gasteiger partial charge in [-0.25, -0.2) is 19.0 Å². The van der Waals surface area contributed by atoms with Crippen molar-refractivity contribution in [3.63, 3.8) is 0 Å². The van der Waals surface area contributed by atoms with Gasteiger partial charge in [-0.15, -0.1) is 0 Å². The van der Waals surface area contributed by atoms with Crippen molar-refractivity contribution in [2.45, 2.75) is 19.3 Å². The Balaban J connectivity index is 1.74. The molecule has 2 bridgehead atoms. The molecule has 1 aliphatic heterocycles. The average Bonchev–Trinajstić information content (AvgIpc) is 3.49. The van der Waals surface area contributed by atoms with E-state index in [1.807, 2.05) is 23.9 Å². The van der Waals surface area contributed by atoms with Crippen LogP contribution in [0.3, 0.4) is 0 Å². The third kappa shape index (κ3) is 2.53. The molecule has 0 spiro atoms. The van der Waals surface area contributed by atoms with Gasteiger partial charge in [0.25, 0.3) is 0 Å². The molecule has 0 unspecified atom stereocenters. The third-order valence-electron chi connectivity index (χ3n) is 6.11. The summed E-state index contributed by atoms with van der Waals surface area (Å²) in [6.07, 6.45) is 5.66. The van der Waals surface area contributed by atoms with Gasteiger partial charge in [-0.1, -0.05) is 6.92 Å². The number of benzene rings is 1. The molecular formula is C23H17FN8. The van der Waals surface area contributed by atoms with Gasteiger partial charge in [0.1, 0.15) is 23.1 Å². The fourth-order valence-corrected chi connectivity index (χ4v) is 4.55. The maximum absolute atomic E-state index is 14.3. The van der Waals surface area contributed by atoms with Gasteiger partial charge < -0.3 is 4.98 Å². The van der Waals surface area contributed by atoms with E-state index in [2.05, 4.69) is 26.2 Å². The fraction of sp³-hybridized carbons (Fsp3) is 0.174. The SMILES string of the molecule is C[C@@H]1c2cc(F)ccc2-n2nccc2Cc2nn(C)c(C#N)c2-c2cnc3[nH]cc1c3n2. The van der Waals surface area contributed by atoms with Gasteiger partial charge in [0.2, 0.25) is 0 Å². The minimum atomic E-state index is -0.311. The number of hydrogen-bond acceptors (Lipinski definition) is 5. The first-order valence-corrected chi connectivity index (χ1v) is 10.2. The molecule has 0 radical (unpaired) electrons. The summed E-state index contributed by atoms with van der Waals surface area (Å²) in [6.45, 7) is 2.01. The van der Waals surface area contributed by atoms with E-state index in [9.17, 15) is 9.65 Å². The Morgan fingerprint density at radius 3 is 2.97 bits per heavy atom. The summed E-state index contributed by atoms with van der Waals surface area (Å²) in [6, 6.07) is 8.90. The first-order valence-electron chi connectivity index (χ1n) is 10.2. The number of nitrogens with zero attached hydrogens (tertiary/aromatic N) is 7. The molecule has 1 aliphatic rings. The topological polar surface area (TPSA) is 101 Å². The molecule has 9 heteroatoms. The lowest BCUT2D eigenvalue weighted by Gasteiger charge is -2.18. The number of nitrogens with one attached hydrogen (secondary N) is 1. The first-order chi connectivity index (χ1) is 15.5. The van der Waals surface area contributed by atoms with Crippen LogP contribution < -0.4 is 0 Å². The Morgan fingerprint density at radius 2 is 2.12 bits per heavy atom. The summed E-state index contributed by atoms with van der Waals surface area (Å²) in [5.41, 5.74) is 7.03. The van der Waals surface area contributed by atoms with Gasteiger partial charge in [-0.05, 0) is 29.8 Å². The number of aromatic nitrogens is 7. The number of rotatable bonds is 0. The van der Waals surface area contributed by atoms with Crippen molar-refractivity contribution in [3.05, 3.63) is 76.9 Å². The van der Waals surface area contributed by atoms with E-state index in [-0.39, 0.29) is 11.7 Å². The summed E-state index contributed by atoms with van der Waals surface area (Å²) in [7, 11) is 1.74. The van der Waals surface area contributed by atoms with Crippen molar-refractivity contribution in [2.24, 2.45) is 7.05 Å². The number of halogens is 1. The molecule has 8 nitrogen and oxygen atoms in total. The van der Waals surface area contributed by atoms with Gasteiger partial charge in [0.05, 0.1) is 34.5 Å². The molecule has 6 rings (SSSR count). The highest BCUT2D eigenvalue weighted by Crippen LogP contribution is 2.36. The number of hydrogen-bond donors (Lipinski definition) is 1. The number of fused-ring (bicyclic) bond motifs is 6. The maximum atomic E-state index is 14.3. The quantitative estimate of drug-likeness (QED) is 0.409. The Labute approximate surface area is 182 Å². The predicted molar refractivity (Wildman–Crippen MR) is 115 cm³/mol. The van der Waals surface area contributed by atoms with E-state index < -0.39 is 0 Å². The second kappa shape index (κ2) is 6.59. The van der Waals surface area contributed by atoms with Crippen molar-refractivity contribution in [1.29, 1.82) is 5.26 Å². The molecule has 5 aromatic rings. The highest BCUT2D eigenvalue weighted by Gasteiger charge is 2.26. The molecule has 156 valence electrons. The van der Waals surface area contributed by atoms with Crippen molar-refractivity contribution in [2.75, 3.05) is 0 Å². The largest absolute Gasteiger partial charge is 0.344 e.